The second-order valence-corrected chi connectivity index (χ2v) is 11.6. The van der Waals surface area contributed by atoms with Crippen LogP contribution in [-0.2, 0) is 0 Å². The van der Waals surface area contributed by atoms with E-state index in [1.807, 2.05) is 0 Å². The zero-order valence-corrected chi connectivity index (χ0v) is 24.5. The molecule has 210 valence electrons. The van der Waals surface area contributed by atoms with Crippen molar-refractivity contribution in [2.24, 2.45) is 10.1 Å². The summed E-state index contributed by atoms with van der Waals surface area (Å²) in [5.74, 6) is 0. The van der Waals surface area contributed by atoms with Crippen LogP contribution >= 0.6 is 0 Å². The molecule has 0 heterocycles. The molecule has 0 amide bonds. The molecule has 0 fully saturated rings. The van der Waals surface area contributed by atoms with Gasteiger partial charge in [0.15, 0.2) is 5.36 Å². The Morgan fingerprint density at radius 2 is 0.935 bits per heavy atom. The molecule has 0 bridgehead atoms. The number of hydrogen-bond donors (Lipinski definition) is 0. The van der Waals surface area contributed by atoms with Gasteiger partial charge in [-0.1, -0.05) is 109 Å². The van der Waals surface area contributed by atoms with Gasteiger partial charge in [-0.25, -0.2) is 0 Å². The van der Waals surface area contributed by atoms with Gasteiger partial charge >= 0.3 is 0 Å². The van der Waals surface area contributed by atoms with Gasteiger partial charge in [0.05, 0.1) is 10.5 Å². The van der Waals surface area contributed by atoms with Crippen LogP contribution in [0, 0.1) is 18.0 Å². The van der Waals surface area contributed by atoms with E-state index in [0.29, 0.717) is 10.7 Å². The number of fused-ring (bicyclic) bond motifs is 8. The second kappa shape index (κ2) is 9.96. The highest BCUT2D eigenvalue weighted by atomic mass is 15.2. The van der Waals surface area contributed by atoms with Crippen molar-refractivity contribution in [3.63, 3.8) is 0 Å². The first kappa shape index (κ1) is 25.8. The minimum absolute atomic E-state index is 0.668. The van der Waals surface area contributed by atoms with Gasteiger partial charge in [-0.05, 0) is 89.6 Å². The van der Waals surface area contributed by atoms with E-state index in [4.69, 9.17) is 6.57 Å². The Morgan fingerprint density at radius 1 is 0.457 bits per heavy atom. The molecule has 0 aliphatic heterocycles. The molecular weight excluding hydrogens is 560 g/mol. The average Bonchev–Trinajstić information content (AvgIpc) is 3.57. The monoisotopic (exact) mass is 582 g/mol. The van der Waals surface area contributed by atoms with E-state index in [2.05, 4.69) is 155 Å². The lowest BCUT2D eigenvalue weighted by atomic mass is 9.97. The Hall–Kier alpha value is -6.62. The van der Waals surface area contributed by atoms with E-state index in [1.54, 1.807) is 0 Å². The minimum atomic E-state index is 0.668. The molecule has 0 aliphatic carbocycles. The van der Waals surface area contributed by atoms with Gasteiger partial charge in [-0.15, -0.1) is 4.95 Å². The van der Waals surface area contributed by atoms with Crippen molar-refractivity contribution < 1.29 is 0 Å². The first-order chi connectivity index (χ1) is 22.7. The van der Waals surface area contributed by atoms with Crippen LogP contribution in [-0.4, -0.2) is 0 Å². The lowest BCUT2D eigenvalue weighted by Crippen LogP contribution is -1.99. The molecule has 4 nitrogen and oxygen atoms in total. The zero-order valence-electron chi connectivity index (χ0n) is 24.5. The molecule has 0 spiro atoms. The summed E-state index contributed by atoms with van der Waals surface area (Å²) >= 11 is 0. The average molecular weight is 583 g/mol. The van der Waals surface area contributed by atoms with Gasteiger partial charge in [0.25, 0.3) is 0 Å². The summed E-state index contributed by atoms with van der Waals surface area (Å²) in [6, 6.07) is 46.5. The normalized spacial score (nSPS) is 12.6. The van der Waals surface area contributed by atoms with Crippen LogP contribution in [0.25, 0.3) is 91.8 Å². The second-order valence-electron chi connectivity index (χ2n) is 11.6. The Morgan fingerprint density at radius 3 is 1.48 bits per heavy atom. The number of nitriles is 1. The van der Waals surface area contributed by atoms with Crippen molar-refractivity contribution in [1.82, 2.24) is 0 Å². The molecular formula is C42H22N4. The summed E-state index contributed by atoms with van der Waals surface area (Å²) in [5, 5.41) is 27.9. The SMILES string of the molecule is [C-]#[N+]/N=c1/c2cc(-c3cccc4ccccc34)ccc2c2cc3c(=NC#N)c4cc(-c5cccc6ccccc56)ccc4c3cc12. The Bertz CT molecular complexity index is 2730. The van der Waals surface area contributed by atoms with Crippen molar-refractivity contribution in [3.8, 4) is 28.4 Å². The van der Waals surface area contributed by atoms with Crippen molar-refractivity contribution in [2.45, 2.75) is 0 Å². The summed E-state index contributed by atoms with van der Waals surface area (Å²) in [5.41, 5.74) is 4.42. The van der Waals surface area contributed by atoms with E-state index >= 15 is 0 Å². The van der Waals surface area contributed by atoms with Crippen molar-refractivity contribution in [1.29, 1.82) is 5.26 Å². The topological polar surface area (TPSA) is 52.9 Å². The van der Waals surface area contributed by atoms with Crippen molar-refractivity contribution in [2.75, 3.05) is 0 Å². The summed E-state index contributed by atoms with van der Waals surface area (Å²) in [6.07, 6.45) is 2.06. The molecule has 0 saturated heterocycles. The van der Waals surface area contributed by atoms with Gasteiger partial charge in [-0.2, -0.15) is 16.8 Å². The summed E-state index contributed by atoms with van der Waals surface area (Å²) in [6.45, 7) is 7.68. The van der Waals surface area contributed by atoms with Gasteiger partial charge in [0.1, 0.15) is 0 Å². The molecule has 4 heteroatoms. The molecule has 0 unspecified atom stereocenters. The fourth-order valence-electron chi connectivity index (χ4n) is 7.29. The van der Waals surface area contributed by atoms with Crippen LogP contribution in [0.4, 0.5) is 0 Å². The summed E-state index contributed by atoms with van der Waals surface area (Å²) in [7, 11) is 0. The Kier molecular flexibility index (Phi) is 5.59. The maximum atomic E-state index is 9.79. The zero-order chi connectivity index (χ0) is 30.8. The van der Waals surface area contributed by atoms with Crippen LogP contribution in [0.1, 0.15) is 0 Å². The highest BCUT2D eigenvalue weighted by Gasteiger charge is 2.18. The maximum absolute atomic E-state index is 9.79. The fraction of sp³-hybridized carbons (Fsp3) is 0. The smallest absolute Gasteiger partial charge is 0.181 e. The lowest BCUT2D eigenvalue weighted by molar-refractivity contribution is 1.37. The Labute approximate surface area is 263 Å². The van der Waals surface area contributed by atoms with Gasteiger partial charge < -0.3 is 0 Å². The van der Waals surface area contributed by atoms with E-state index in [-0.39, 0.29) is 0 Å². The molecule has 0 saturated carbocycles. The Balaban J connectivity index is 1.33. The molecule has 0 aromatic heterocycles. The third kappa shape index (κ3) is 3.72. The van der Waals surface area contributed by atoms with Crippen LogP contribution in [0.15, 0.2) is 144 Å². The fourth-order valence-corrected chi connectivity index (χ4v) is 7.29. The third-order valence-corrected chi connectivity index (χ3v) is 9.31. The molecule has 0 N–H and O–H groups in total. The van der Waals surface area contributed by atoms with E-state index < -0.39 is 0 Å². The number of rotatable bonds is 2. The van der Waals surface area contributed by atoms with Crippen LogP contribution in [0.2, 0.25) is 0 Å². The van der Waals surface area contributed by atoms with E-state index in [1.165, 1.54) is 21.5 Å². The van der Waals surface area contributed by atoms with Crippen molar-refractivity contribution in [3.05, 3.63) is 156 Å². The van der Waals surface area contributed by atoms with Gasteiger partial charge in [0, 0.05) is 21.5 Å². The quantitative estimate of drug-likeness (QED) is 0.114. The number of benzene rings is 7. The molecule has 0 radical (unpaired) electrons. The largest absolute Gasteiger partial charge is 0.206 e. The summed E-state index contributed by atoms with van der Waals surface area (Å²) in [4.78, 5) is 7.86. The third-order valence-electron chi connectivity index (χ3n) is 9.31. The van der Waals surface area contributed by atoms with Crippen LogP contribution in [0.5, 0.6) is 0 Å². The minimum Gasteiger partial charge on any atom is -0.181 e. The maximum Gasteiger partial charge on any atom is 0.206 e. The molecule has 9 rings (SSSR count). The predicted octanol–water partition coefficient (Wildman–Crippen LogP) is 9.93. The first-order valence-electron chi connectivity index (χ1n) is 15.1. The van der Waals surface area contributed by atoms with Crippen LogP contribution in [0.3, 0.4) is 0 Å². The molecule has 9 aromatic rings. The standard InChI is InChI=1S/C42H22N4/c1-44-46-42-38-21-28(32-15-7-11-26-9-3-5-13-30(26)32)17-19-34(38)36-22-39-35(23-40(36)42)33-18-16-27(20-37(33)41(39)45-24-43)31-14-6-10-25-8-2-4-12-29(25)31/h2-23H/b45-41?,46-42-. The number of nitrogens with zero attached hydrogens (tertiary/aromatic N) is 4. The van der Waals surface area contributed by atoms with Gasteiger partial charge in [-0.3, -0.25) is 0 Å². The highest BCUT2D eigenvalue weighted by Crippen LogP contribution is 2.37. The number of hydrogen-bond acceptors (Lipinski definition) is 3. The van der Waals surface area contributed by atoms with E-state index in [0.717, 1.165) is 65.3 Å². The molecule has 9 aromatic carbocycles. The van der Waals surface area contributed by atoms with E-state index in [9.17, 15) is 5.26 Å². The summed E-state index contributed by atoms with van der Waals surface area (Å²) < 4.78 is 0. The predicted molar refractivity (Wildman–Crippen MR) is 188 cm³/mol. The van der Waals surface area contributed by atoms with Gasteiger partial charge in [0.2, 0.25) is 6.19 Å². The van der Waals surface area contributed by atoms with Crippen LogP contribution < -0.4 is 10.7 Å². The molecule has 46 heavy (non-hydrogen) atoms. The molecule has 0 atom stereocenters. The molecule has 0 aliphatic rings. The first-order valence-corrected chi connectivity index (χ1v) is 15.1. The van der Waals surface area contributed by atoms with Crippen molar-refractivity contribution >= 4 is 64.6 Å². The highest BCUT2D eigenvalue weighted by molar-refractivity contribution is 6.22. The lowest BCUT2D eigenvalue weighted by Gasteiger charge is -2.07.